The largest absolute Gasteiger partial charge is 0.478 e. The SMILES string of the molecule is Cc1nc(CN2C[C@@H]3NC(=O)CCNC(=O)c4cc(cc(C(=O)O)c4)Oc4cccc(c4)CO[C@H]3C2)cs1. The van der Waals surface area contributed by atoms with E-state index in [0.717, 1.165) is 16.3 Å². The molecule has 3 aromatic rings. The van der Waals surface area contributed by atoms with Gasteiger partial charge in [-0.1, -0.05) is 12.1 Å². The molecule has 1 fully saturated rings. The van der Waals surface area contributed by atoms with E-state index in [1.54, 1.807) is 17.4 Å². The normalized spacial score (nSPS) is 20.6. The summed E-state index contributed by atoms with van der Waals surface area (Å²) in [6, 6.07) is 11.2. The summed E-state index contributed by atoms with van der Waals surface area (Å²) in [7, 11) is 0. The Kier molecular flexibility index (Phi) is 7.68. The Morgan fingerprint density at radius 3 is 2.84 bits per heavy atom. The Balaban J connectivity index is 1.38. The van der Waals surface area contributed by atoms with Crippen molar-refractivity contribution in [1.29, 1.82) is 0 Å². The molecule has 2 amide bonds. The Morgan fingerprint density at radius 2 is 2.05 bits per heavy atom. The molecule has 2 aliphatic rings. The first-order valence-electron chi connectivity index (χ1n) is 12.3. The van der Waals surface area contributed by atoms with Crippen molar-refractivity contribution in [3.63, 3.8) is 0 Å². The minimum absolute atomic E-state index is 0.0724. The van der Waals surface area contributed by atoms with Gasteiger partial charge in [0.25, 0.3) is 5.91 Å². The second-order valence-corrected chi connectivity index (χ2v) is 10.4. The van der Waals surface area contributed by atoms with Crippen molar-refractivity contribution in [3.05, 3.63) is 75.2 Å². The van der Waals surface area contributed by atoms with Crippen LogP contribution in [0.25, 0.3) is 0 Å². The Bertz CT molecular complexity index is 1360. The highest BCUT2D eigenvalue weighted by atomic mass is 32.1. The lowest BCUT2D eigenvalue weighted by Crippen LogP contribution is -2.44. The van der Waals surface area contributed by atoms with E-state index in [-0.39, 0.29) is 47.9 Å². The van der Waals surface area contributed by atoms with Crippen LogP contribution in [0, 0.1) is 6.92 Å². The first kappa shape index (κ1) is 25.8. The van der Waals surface area contributed by atoms with Crippen molar-refractivity contribution >= 4 is 29.1 Å². The van der Waals surface area contributed by atoms with Crippen LogP contribution >= 0.6 is 11.3 Å². The van der Waals surface area contributed by atoms with Crippen molar-refractivity contribution in [2.75, 3.05) is 19.6 Å². The van der Waals surface area contributed by atoms with Gasteiger partial charge in [-0.15, -0.1) is 11.3 Å². The topological polar surface area (TPSA) is 130 Å². The Hall–Kier alpha value is -3.80. The molecule has 198 valence electrons. The monoisotopic (exact) mass is 536 g/mol. The fourth-order valence-corrected chi connectivity index (χ4v) is 5.22. The summed E-state index contributed by atoms with van der Waals surface area (Å²) in [6.07, 6.45) is -0.162. The molecule has 2 aromatic carbocycles. The number of nitrogens with one attached hydrogen (secondary N) is 2. The molecule has 0 aliphatic carbocycles. The van der Waals surface area contributed by atoms with E-state index < -0.39 is 11.9 Å². The predicted octanol–water partition coefficient (Wildman–Crippen LogP) is 2.96. The number of carboxylic acid groups (broad SMARTS) is 1. The van der Waals surface area contributed by atoms with E-state index >= 15 is 0 Å². The maximum absolute atomic E-state index is 12.8. The van der Waals surface area contributed by atoms with Gasteiger partial charge < -0.3 is 25.2 Å². The molecule has 5 rings (SSSR count). The number of benzene rings is 2. The van der Waals surface area contributed by atoms with Gasteiger partial charge in [-0.25, -0.2) is 9.78 Å². The molecule has 38 heavy (non-hydrogen) atoms. The molecule has 3 N–H and O–H groups in total. The van der Waals surface area contributed by atoms with Gasteiger partial charge in [0.05, 0.1) is 35.0 Å². The van der Waals surface area contributed by atoms with Gasteiger partial charge >= 0.3 is 5.97 Å². The number of rotatable bonds is 3. The van der Waals surface area contributed by atoms with Gasteiger partial charge in [-0.05, 0) is 42.8 Å². The third kappa shape index (κ3) is 6.36. The number of aryl methyl sites for hydroxylation is 1. The summed E-state index contributed by atoms with van der Waals surface area (Å²) in [4.78, 5) is 43.9. The summed E-state index contributed by atoms with van der Waals surface area (Å²) in [5.41, 5.74) is 1.91. The van der Waals surface area contributed by atoms with Crippen LogP contribution in [0.3, 0.4) is 0 Å². The summed E-state index contributed by atoms with van der Waals surface area (Å²) in [5, 5.41) is 18.3. The maximum Gasteiger partial charge on any atom is 0.335 e. The van der Waals surface area contributed by atoms with E-state index in [2.05, 4.69) is 20.5 Å². The second kappa shape index (κ2) is 11.3. The standard InChI is InChI=1S/C27H28N4O6S/c1-16-29-20(15-38-16)11-31-12-23-24(13-31)36-14-17-3-2-4-21(7-17)37-22-9-18(8-19(10-22)27(34)35)26(33)28-6-5-25(32)30-23/h2-4,7-10,15,23-24H,5-6,11-14H2,1H3,(H,28,33)(H,30,32)(H,34,35)/t23-,24-/m0/s1. The number of aromatic carboxylic acids is 1. The van der Waals surface area contributed by atoms with E-state index in [4.69, 9.17) is 9.47 Å². The average molecular weight is 537 g/mol. The number of thiazole rings is 1. The van der Waals surface area contributed by atoms with Crippen LogP contribution in [0.4, 0.5) is 0 Å². The summed E-state index contributed by atoms with van der Waals surface area (Å²) in [6.45, 7) is 4.30. The van der Waals surface area contributed by atoms with Crippen molar-refractivity contribution in [2.45, 2.75) is 38.6 Å². The second-order valence-electron chi connectivity index (χ2n) is 9.38. The predicted molar refractivity (Wildman–Crippen MR) is 140 cm³/mol. The lowest BCUT2D eigenvalue weighted by molar-refractivity contribution is -0.122. The van der Waals surface area contributed by atoms with Gasteiger partial charge in [0.1, 0.15) is 11.5 Å². The number of hydrogen-bond donors (Lipinski definition) is 3. The Labute approximate surface area is 223 Å². The highest BCUT2D eigenvalue weighted by Crippen LogP contribution is 2.26. The average Bonchev–Trinajstić information content (AvgIpc) is 3.47. The van der Waals surface area contributed by atoms with Crippen LogP contribution in [0.2, 0.25) is 0 Å². The minimum Gasteiger partial charge on any atom is -0.478 e. The Morgan fingerprint density at radius 1 is 1.18 bits per heavy atom. The molecule has 11 heteroatoms. The lowest BCUT2D eigenvalue weighted by Gasteiger charge is -2.20. The number of ether oxygens (including phenoxy) is 2. The smallest absolute Gasteiger partial charge is 0.335 e. The van der Waals surface area contributed by atoms with E-state index in [9.17, 15) is 19.5 Å². The number of fused-ring (bicyclic) bond motifs is 5. The van der Waals surface area contributed by atoms with Crippen LogP contribution < -0.4 is 15.4 Å². The molecule has 0 saturated carbocycles. The first-order valence-corrected chi connectivity index (χ1v) is 13.2. The van der Waals surface area contributed by atoms with Crippen LogP contribution in [-0.2, 0) is 22.7 Å². The molecular formula is C27H28N4O6S. The molecule has 0 spiro atoms. The zero-order valence-corrected chi connectivity index (χ0v) is 21.6. The van der Waals surface area contributed by atoms with Crippen LogP contribution in [0.1, 0.15) is 43.4 Å². The fraction of sp³-hybridized carbons (Fsp3) is 0.333. The molecule has 2 aliphatic heterocycles. The van der Waals surface area contributed by atoms with Gasteiger partial charge in [-0.2, -0.15) is 0 Å². The van der Waals surface area contributed by atoms with Crippen LogP contribution in [0.5, 0.6) is 11.5 Å². The number of hydrogen-bond acceptors (Lipinski definition) is 8. The molecule has 3 heterocycles. The number of amides is 2. The molecule has 0 radical (unpaired) electrons. The summed E-state index contributed by atoms with van der Waals surface area (Å²) in [5.74, 6) is -1.16. The minimum atomic E-state index is -1.18. The van der Waals surface area contributed by atoms with Crippen molar-refractivity contribution in [2.24, 2.45) is 0 Å². The summed E-state index contributed by atoms with van der Waals surface area (Å²) < 4.78 is 12.2. The van der Waals surface area contributed by atoms with E-state index in [1.807, 2.05) is 30.5 Å². The maximum atomic E-state index is 12.8. The van der Waals surface area contributed by atoms with Gasteiger partial charge in [0.2, 0.25) is 5.91 Å². The third-order valence-corrected chi connectivity index (χ3v) is 7.21. The third-order valence-electron chi connectivity index (χ3n) is 6.39. The molecule has 0 unspecified atom stereocenters. The first-order chi connectivity index (χ1) is 18.3. The number of likely N-dealkylation sites (tertiary alicyclic amines) is 1. The van der Waals surface area contributed by atoms with Gasteiger partial charge in [0.15, 0.2) is 0 Å². The molecule has 1 aromatic heterocycles. The molecule has 4 bridgehead atoms. The van der Waals surface area contributed by atoms with Crippen molar-refractivity contribution in [3.8, 4) is 11.5 Å². The number of carbonyl (C=O) groups is 3. The lowest BCUT2D eigenvalue weighted by atomic mass is 10.1. The zero-order chi connectivity index (χ0) is 26.6. The molecule has 2 atom stereocenters. The fourth-order valence-electron chi connectivity index (χ4n) is 4.62. The van der Waals surface area contributed by atoms with Crippen LogP contribution in [-0.4, -0.2) is 64.6 Å². The number of carboxylic acids is 1. The number of carbonyl (C=O) groups excluding carboxylic acids is 2. The van der Waals surface area contributed by atoms with Crippen molar-refractivity contribution in [1.82, 2.24) is 20.5 Å². The van der Waals surface area contributed by atoms with E-state index in [1.165, 1.54) is 18.2 Å². The van der Waals surface area contributed by atoms with Crippen LogP contribution in [0.15, 0.2) is 47.8 Å². The number of aromatic nitrogens is 1. The highest BCUT2D eigenvalue weighted by molar-refractivity contribution is 7.09. The summed E-state index contributed by atoms with van der Waals surface area (Å²) >= 11 is 1.61. The highest BCUT2D eigenvalue weighted by Gasteiger charge is 2.35. The van der Waals surface area contributed by atoms with Crippen molar-refractivity contribution < 1.29 is 29.0 Å². The molecular weight excluding hydrogens is 508 g/mol. The van der Waals surface area contributed by atoms with Gasteiger partial charge in [-0.3, -0.25) is 14.5 Å². The van der Waals surface area contributed by atoms with Gasteiger partial charge in [0, 0.05) is 43.5 Å². The zero-order valence-electron chi connectivity index (χ0n) is 20.8. The quantitative estimate of drug-likeness (QED) is 0.466. The molecule has 1 saturated heterocycles. The van der Waals surface area contributed by atoms with E-state index in [0.29, 0.717) is 32.0 Å². The molecule has 10 nitrogen and oxygen atoms in total. The number of nitrogens with zero attached hydrogens (tertiary/aromatic N) is 2.